The highest BCUT2D eigenvalue weighted by Crippen LogP contribution is 2.29. The van der Waals surface area contributed by atoms with Crippen LogP contribution in [0.5, 0.6) is 17.2 Å². The van der Waals surface area contributed by atoms with Crippen molar-refractivity contribution in [2.24, 2.45) is 0 Å². The van der Waals surface area contributed by atoms with Gasteiger partial charge in [-0.1, -0.05) is 23.2 Å². The fourth-order valence-electron chi connectivity index (χ4n) is 3.22. The molecule has 0 aliphatic carbocycles. The monoisotopic (exact) mass is 483 g/mol. The third kappa shape index (κ3) is 5.30. The van der Waals surface area contributed by atoms with Gasteiger partial charge in [0, 0.05) is 21.8 Å². The molecular weight excluding hydrogens is 465 g/mol. The Morgan fingerprint density at radius 1 is 0.970 bits per heavy atom. The van der Waals surface area contributed by atoms with Crippen LogP contribution in [0.1, 0.15) is 11.1 Å². The number of benzene rings is 3. The first-order valence-corrected chi connectivity index (χ1v) is 10.7. The normalized spacial score (nSPS) is 10.8. The zero-order valence-electron chi connectivity index (χ0n) is 17.8. The van der Waals surface area contributed by atoms with Gasteiger partial charge in [-0.3, -0.25) is 9.59 Å². The molecule has 3 aromatic carbocycles. The van der Waals surface area contributed by atoms with Crippen LogP contribution in [0.25, 0.3) is 11.0 Å². The van der Waals surface area contributed by atoms with Gasteiger partial charge < -0.3 is 19.2 Å². The molecule has 0 spiro atoms. The SMILES string of the molecule is Cc1cc(Oc2coc3cc(OCC(=O)Nc4ccc(Cl)cc4)ccc3c2=O)cc(C)c1Cl. The Kier molecular flexibility index (Phi) is 6.58. The van der Waals surface area contributed by atoms with Crippen molar-refractivity contribution in [3.8, 4) is 17.2 Å². The van der Waals surface area contributed by atoms with E-state index in [2.05, 4.69) is 5.32 Å². The van der Waals surface area contributed by atoms with Crippen LogP contribution in [-0.4, -0.2) is 12.5 Å². The van der Waals surface area contributed by atoms with Crippen LogP contribution in [0, 0.1) is 13.8 Å². The number of nitrogens with one attached hydrogen (secondary N) is 1. The highest BCUT2D eigenvalue weighted by atomic mass is 35.5. The summed E-state index contributed by atoms with van der Waals surface area (Å²) in [6.07, 6.45) is 1.25. The molecule has 0 saturated heterocycles. The van der Waals surface area contributed by atoms with Gasteiger partial charge in [0.05, 0.1) is 5.39 Å². The van der Waals surface area contributed by atoms with Crippen LogP contribution in [0.2, 0.25) is 10.0 Å². The fourth-order valence-corrected chi connectivity index (χ4v) is 3.46. The first-order valence-electron chi connectivity index (χ1n) is 9.98. The summed E-state index contributed by atoms with van der Waals surface area (Å²) in [5.74, 6) is 0.595. The maximum Gasteiger partial charge on any atom is 0.262 e. The van der Waals surface area contributed by atoms with Crippen LogP contribution >= 0.6 is 23.2 Å². The molecule has 6 nitrogen and oxygen atoms in total. The Labute approximate surface area is 199 Å². The average Bonchev–Trinajstić information content (AvgIpc) is 2.79. The number of hydrogen-bond acceptors (Lipinski definition) is 5. The Bertz CT molecular complexity index is 1370. The van der Waals surface area contributed by atoms with E-state index >= 15 is 0 Å². The predicted molar refractivity (Wildman–Crippen MR) is 129 cm³/mol. The van der Waals surface area contributed by atoms with Gasteiger partial charge in [0.15, 0.2) is 6.61 Å². The summed E-state index contributed by atoms with van der Waals surface area (Å²) in [5, 5.41) is 4.27. The first kappa shape index (κ1) is 22.7. The standard InChI is InChI=1S/C25H19Cl2NO5/c1-14-9-19(10-15(2)24(14)27)33-22-12-32-21-11-18(7-8-20(21)25(22)30)31-13-23(29)28-17-5-3-16(26)4-6-17/h3-12H,13H2,1-2H3,(H,28,29). The molecule has 4 aromatic rings. The molecule has 1 amide bonds. The Morgan fingerprint density at radius 3 is 2.36 bits per heavy atom. The Balaban J connectivity index is 1.47. The van der Waals surface area contributed by atoms with Gasteiger partial charge in [0.2, 0.25) is 11.2 Å². The van der Waals surface area contributed by atoms with E-state index in [9.17, 15) is 9.59 Å². The maximum atomic E-state index is 12.8. The Hall–Kier alpha value is -3.48. The zero-order valence-corrected chi connectivity index (χ0v) is 19.3. The molecule has 0 saturated carbocycles. The minimum absolute atomic E-state index is 0.0552. The first-order chi connectivity index (χ1) is 15.8. The number of anilines is 1. The zero-order chi connectivity index (χ0) is 23.5. The minimum atomic E-state index is -0.337. The molecule has 4 rings (SSSR count). The van der Waals surface area contributed by atoms with E-state index in [0.29, 0.717) is 38.2 Å². The van der Waals surface area contributed by atoms with E-state index in [1.54, 1.807) is 54.6 Å². The van der Waals surface area contributed by atoms with Crippen molar-refractivity contribution in [3.63, 3.8) is 0 Å². The molecule has 8 heteroatoms. The lowest BCUT2D eigenvalue weighted by atomic mass is 10.1. The van der Waals surface area contributed by atoms with Crippen LogP contribution < -0.4 is 20.2 Å². The quantitative estimate of drug-likeness (QED) is 0.337. The number of ether oxygens (including phenoxy) is 2. The van der Waals surface area contributed by atoms with E-state index in [-0.39, 0.29) is 23.7 Å². The highest BCUT2D eigenvalue weighted by molar-refractivity contribution is 6.32. The molecule has 168 valence electrons. The molecule has 0 atom stereocenters. The molecule has 0 unspecified atom stereocenters. The summed E-state index contributed by atoms with van der Waals surface area (Å²) < 4.78 is 16.9. The lowest BCUT2D eigenvalue weighted by Crippen LogP contribution is -2.20. The summed E-state index contributed by atoms with van der Waals surface area (Å²) in [6.45, 7) is 3.51. The molecular formula is C25H19Cl2NO5. The second-order valence-corrected chi connectivity index (χ2v) is 8.22. The van der Waals surface area contributed by atoms with Gasteiger partial charge in [0.25, 0.3) is 5.91 Å². The molecule has 1 N–H and O–H groups in total. The third-order valence-electron chi connectivity index (χ3n) is 4.85. The molecule has 0 aliphatic rings. The second kappa shape index (κ2) is 9.57. The van der Waals surface area contributed by atoms with Crippen molar-refractivity contribution in [2.45, 2.75) is 13.8 Å². The van der Waals surface area contributed by atoms with Crippen LogP contribution in [0.15, 0.2) is 70.1 Å². The average molecular weight is 484 g/mol. The smallest absolute Gasteiger partial charge is 0.262 e. The number of aryl methyl sites for hydroxylation is 2. The summed E-state index contributed by atoms with van der Waals surface area (Å²) in [7, 11) is 0. The van der Waals surface area contributed by atoms with Crippen molar-refractivity contribution < 1.29 is 18.7 Å². The molecule has 0 fully saturated rings. The van der Waals surface area contributed by atoms with Gasteiger partial charge in [0.1, 0.15) is 23.3 Å². The van der Waals surface area contributed by atoms with Gasteiger partial charge >= 0.3 is 0 Å². The van der Waals surface area contributed by atoms with Gasteiger partial charge in [-0.15, -0.1) is 0 Å². The molecule has 0 radical (unpaired) electrons. The number of fused-ring (bicyclic) bond motifs is 1. The summed E-state index contributed by atoms with van der Waals surface area (Å²) >= 11 is 12.0. The van der Waals surface area contributed by atoms with E-state index < -0.39 is 0 Å². The van der Waals surface area contributed by atoms with Gasteiger partial charge in [-0.2, -0.15) is 0 Å². The number of carbonyl (C=O) groups is 1. The van der Waals surface area contributed by atoms with Crippen LogP contribution in [0.4, 0.5) is 5.69 Å². The lowest BCUT2D eigenvalue weighted by Gasteiger charge is -2.10. The second-order valence-electron chi connectivity index (χ2n) is 7.40. The van der Waals surface area contributed by atoms with Gasteiger partial charge in [-0.05, 0) is 73.5 Å². The molecule has 1 aromatic heterocycles. The number of amides is 1. The van der Waals surface area contributed by atoms with Crippen molar-refractivity contribution in [1.82, 2.24) is 0 Å². The number of halogens is 2. The molecule has 0 aliphatic heterocycles. The minimum Gasteiger partial charge on any atom is -0.484 e. The lowest BCUT2D eigenvalue weighted by molar-refractivity contribution is -0.118. The van der Waals surface area contributed by atoms with Gasteiger partial charge in [-0.25, -0.2) is 0 Å². The molecule has 33 heavy (non-hydrogen) atoms. The van der Waals surface area contributed by atoms with E-state index in [0.717, 1.165) is 11.1 Å². The highest BCUT2D eigenvalue weighted by Gasteiger charge is 2.12. The molecule has 0 bridgehead atoms. The topological polar surface area (TPSA) is 77.8 Å². The summed E-state index contributed by atoms with van der Waals surface area (Å²) in [4.78, 5) is 25.0. The fraction of sp³-hybridized carbons (Fsp3) is 0.120. The van der Waals surface area contributed by atoms with E-state index in [1.807, 2.05) is 13.8 Å². The van der Waals surface area contributed by atoms with E-state index in [4.69, 9.17) is 37.1 Å². The van der Waals surface area contributed by atoms with Crippen molar-refractivity contribution in [3.05, 3.63) is 92.3 Å². The predicted octanol–water partition coefficient (Wildman–Crippen LogP) is 6.53. The Morgan fingerprint density at radius 2 is 1.67 bits per heavy atom. The van der Waals surface area contributed by atoms with Crippen molar-refractivity contribution in [2.75, 3.05) is 11.9 Å². The van der Waals surface area contributed by atoms with Crippen molar-refractivity contribution >= 4 is 45.8 Å². The third-order valence-corrected chi connectivity index (χ3v) is 5.70. The maximum absolute atomic E-state index is 12.8. The largest absolute Gasteiger partial charge is 0.484 e. The number of rotatable bonds is 6. The van der Waals surface area contributed by atoms with E-state index in [1.165, 1.54) is 6.26 Å². The van der Waals surface area contributed by atoms with Crippen molar-refractivity contribution in [1.29, 1.82) is 0 Å². The number of hydrogen-bond donors (Lipinski definition) is 1. The summed E-state index contributed by atoms with van der Waals surface area (Å²) in [6, 6.07) is 15.0. The number of carbonyl (C=O) groups excluding carboxylic acids is 1. The van der Waals surface area contributed by atoms with Crippen LogP contribution in [0.3, 0.4) is 0 Å². The summed E-state index contributed by atoms with van der Waals surface area (Å²) in [5.41, 5.74) is 2.29. The van der Waals surface area contributed by atoms with Crippen LogP contribution in [-0.2, 0) is 4.79 Å². The molecule has 1 heterocycles.